The van der Waals surface area contributed by atoms with Gasteiger partial charge in [0.1, 0.15) is 0 Å². The van der Waals surface area contributed by atoms with Crippen LogP contribution in [0.1, 0.15) is 13.8 Å². The molecule has 0 amide bonds. The van der Waals surface area contributed by atoms with E-state index in [1.165, 1.54) is 0 Å². The summed E-state index contributed by atoms with van der Waals surface area (Å²) >= 11 is 4.81. The van der Waals surface area contributed by atoms with Gasteiger partial charge < -0.3 is 26.5 Å². The molecular formula is C10H15AlS. The van der Waals surface area contributed by atoms with E-state index in [0.29, 0.717) is 0 Å². The van der Waals surface area contributed by atoms with Crippen LogP contribution in [0.25, 0.3) is 0 Å². The molecule has 0 saturated heterocycles. The van der Waals surface area contributed by atoms with E-state index in [9.17, 15) is 0 Å². The Morgan fingerprint density at radius 1 is 0.917 bits per heavy atom. The Morgan fingerprint density at radius 3 is 1.42 bits per heavy atom. The summed E-state index contributed by atoms with van der Waals surface area (Å²) in [5.41, 5.74) is 0. The van der Waals surface area contributed by atoms with E-state index in [-0.39, 0.29) is 17.4 Å². The zero-order chi connectivity index (χ0) is 9.11. The van der Waals surface area contributed by atoms with Crippen molar-refractivity contribution in [1.29, 1.82) is 0 Å². The molecule has 0 aliphatic heterocycles. The largest absolute Gasteiger partial charge is 3.00 e. The maximum absolute atomic E-state index is 4.81. The van der Waals surface area contributed by atoms with Crippen LogP contribution < -0.4 is 0 Å². The summed E-state index contributed by atoms with van der Waals surface area (Å²) in [6, 6.07) is 9.62. The fraction of sp³-hybridized carbons (Fsp3) is 0.200. The van der Waals surface area contributed by atoms with Crippen molar-refractivity contribution >= 4 is 30.0 Å². The number of benzene rings is 1. The summed E-state index contributed by atoms with van der Waals surface area (Å²) < 4.78 is 0. The van der Waals surface area contributed by atoms with Crippen molar-refractivity contribution < 1.29 is 0 Å². The van der Waals surface area contributed by atoms with Crippen molar-refractivity contribution in [2.75, 3.05) is 0 Å². The quantitative estimate of drug-likeness (QED) is 0.347. The molecule has 0 fully saturated rings. The average molecular weight is 194 g/mol. The molecule has 1 aromatic rings. The molecule has 0 saturated carbocycles. The SMILES string of the molecule is [Al+3].[CH2-]C.[CH2-]C.[S-]c1ccccc1. The predicted molar refractivity (Wildman–Crippen MR) is 59.9 cm³/mol. The number of hydrogen-bond donors (Lipinski definition) is 0. The fourth-order valence-electron chi connectivity index (χ4n) is 0.420. The second-order valence-electron chi connectivity index (χ2n) is 1.31. The Kier molecular flexibility index (Phi) is 25.6. The third-order valence-corrected chi connectivity index (χ3v) is 1.02. The number of hydrogen-bond acceptors (Lipinski definition) is 1. The van der Waals surface area contributed by atoms with Gasteiger partial charge in [0.2, 0.25) is 0 Å². The zero-order valence-corrected chi connectivity index (χ0v) is 9.76. The number of rotatable bonds is 0. The van der Waals surface area contributed by atoms with Gasteiger partial charge in [0.05, 0.1) is 0 Å². The molecule has 2 heteroatoms. The Labute approximate surface area is 92.9 Å². The maximum atomic E-state index is 4.81. The molecule has 0 aliphatic carbocycles. The van der Waals surface area contributed by atoms with E-state index in [2.05, 4.69) is 13.8 Å². The zero-order valence-electron chi connectivity index (χ0n) is 7.79. The van der Waals surface area contributed by atoms with Gasteiger partial charge in [-0.1, -0.05) is 30.3 Å². The van der Waals surface area contributed by atoms with Gasteiger partial charge in [-0.2, -0.15) is 18.7 Å². The molecule has 0 spiro atoms. The first-order chi connectivity index (χ1) is 5.39. The molecule has 64 valence electrons. The van der Waals surface area contributed by atoms with E-state index in [0.717, 1.165) is 4.90 Å². The van der Waals surface area contributed by atoms with Crippen molar-refractivity contribution in [2.45, 2.75) is 18.7 Å². The fourth-order valence-corrected chi connectivity index (χ4v) is 0.578. The minimum Gasteiger partial charge on any atom is -0.780 e. The molecule has 12 heavy (non-hydrogen) atoms. The first-order valence-electron chi connectivity index (χ1n) is 3.53. The summed E-state index contributed by atoms with van der Waals surface area (Å²) in [4.78, 5) is 0.905. The van der Waals surface area contributed by atoms with Crippen molar-refractivity contribution in [3.8, 4) is 0 Å². The van der Waals surface area contributed by atoms with Gasteiger partial charge in [0.15, 0.2) is 0 Å². The predicted octanol–water partition coefficient (Wildman–Crippen LogP) is 2.89. The molecule has 0 bridgehead atoms. The van der Waals surface area contributed by atoms with Crippen molar-refractivity contribution in [1.82, 2.24) is 0 Å². The molecule has 0 nitrogen and oxygen atoms in total. The molecule has 0 radical (unpaired) electrons. The van der Waals surface area contributed by atoms with Crippen molar-refractivity contribution in [2.24, 2.45) is 0 Å². The van der Waals surface area contributed by atoms with E-state index in [1.54, 1.807) is 13.8 Å². The van der Waals surface area contributed by atoms with Crippen LogP contribution in [0.5, 0.6) is 0 Å². The third kappa shape index (κ3) is 12.6. The van der Waals surface area contributed by atoms with Crippen LogP contribution in [0.2, 0.25) is 0 Å². The first-order valence-corrected chi connectivity index (χ1v) is 3.94. The van der Waals surface area contributed by atoms with Gasteiger partial charge in [-0.05, 0) is 0 Å². The van der Waals surface area contributed by atoms with Crippen LogP contribution in [0.4, 0.5) is 0 Å². The standard InChI is InChI=1S/C6H6S.2C2H5.Al/c7-6-4-2-1-3-5-6;2*1-2;/h1-5,7H;2*1H2,2H3;/q;2*-1;+3/p-1. The van der Waals surface area contributed by atoms with Crippen LogP contribution in [0.15, 0.2) is 35.2 Å². The first kappa shape index (κ1) is 17.9. The van der Waals surface area contributed by atoms with Crippen molar-refractivity contribution in [3.05, 3.63) is 44.2 Å². The van der Waals surface area contributed by atoms with Gasteiger partial charge in [0.25, 0.3) is 0 Å². The minimum absolute atomic E-state index is 0. The molecule has 0 aromatic heterocycles. The molecule has 0 aliphatic rings. The molecule has 0 unspecified atom stereocenters. The molecular weight excluding hydrogens is 179 g/mol. The van der Waals surface area contributed by atoms with Crippen molar-refractivity contribution in [3.63, 3.8) is 0 Å². The Balaban J connectivity index is -0.000000144. The van der Waals surface area contributed by atoms with E-state index >= 15 is 0 Å². The normalized spacial score (nSPS) is 6.00. The van der Waals surface area contributed by atoms with Crippen LogP contribution in [-0.4, -0.2) is 17.4 Å². The Hall–Kier alpha value is -0.0275. The summed E-state index contributed by atoms with van der Waals surface area (Å²) in [5.74, 6) is 0. The van der Waals surface area contributed by atoms with Gasteiger partial charge in [-0.3, -0.25) is 0 Å². The summed E-state index contributed by atoms with van der Waals surface area (Å²) in [7, 11) is 0. The van der Waals surface area contributed by atoms with Crippen LogP contribution in [-0.2, 0) is 12.6 Å². The van der Waals surface area contributed by atoms with Gasteiger partial charge in [-0.15, -0.1) is 0 Å². The maximum Gasteiger partial charge on any atom is 3.00 e. The van der Waals surface area contributed by atoms with E-state index in [1.807, 2.05) is 30.3 Å². The van der Waals surface area contributed by atoms with Crippen LogP contribution in [0.3, 0.4) is 0 Å². The summed E-state index contributed by atoms with van der Waals surface area (Å²) in [5, 5.41) is 0. The van der Waals surface area contributed by atoms with Crippen LogP contribution in [0, 0.1) is 13.8 Å². The Bertz CT molecular complexity index is 140. The molecule has 0 heterocycles. The topological polar surface area (TPSA) is 0 Å². The molecule has 1 aromatic carbocycles. The van der Waals surface area contributed by atoms with Gasteiger partial charge in [-0.25, -0.2) is 0 Å². The second-order valence-corrected chi connectivity index (χ2v) is 1.78. The molecule has 1 rings (SSSR count). The third-order valence-electron chi connectivity index (χ3n) is 0.743. The van der Waals surface area contributed by atoms with Gasteiger partial charge in [0, 0.05) is 0 Å². The van der Waals surface area contributed by atoms with E-state index in [4.69, 9.17) is 12.6 Å². The minimum atomic E-state index is 0. The summed E-state index contributed by atoms with van der Waals surface area (Å²) in [6.45, 7) is 10.0. The molecule has 0 atom stereocenters. The second kappa shape index (κ2) is 17.2. The monoisotopic (exact) mass is 194 g/mol. The smallest absolute Gasteiger partial charge is 0.780 e. The summed E-state index contributed by atoms with van der Waals surface area (Å²) in [6.07, 6.45) is 0. The van der Waals surface area contributed by atoms with Gasteiger partial charge >= 0.3 is 17.4 Å². The average Bonchev–Trinajstić information content (AvgIpc) is 2.13. The Morgan fingerprint density at radius 2 is 1.25 bits per heavy atom. The van der Waals surface area contributed by atoms with E-state index < -0.39 is 0 Å². The van der Waals surface area contributed by atoms with Crippen LogP contribution >= 0.6 is 0 Å². The molecule has 0 N–H and O–H groups in total.